The normalized spacial score (nSPS) is 12.2. The van der Waals surface area contributed by atoms with Gasteiger partial charge in [-0.3, -0.25) is 0 Å². The molecule has 0 unspecified atom stereocenters. The minimum Gasteiger partial charge on any atom is -0.504 e. The van der Waals surface area contributed by atoms with Crippen LogP contribution >= 0.6 is 0 Å². The first-order valence-corrected chi connectivity index (χ1v) is 12.7. The van der Waals surface area contributed by atoms with E-state index < -0.39 is 21.8 Å². The van der Waals surface area contributed by atoms with Crippen LogP contribution in [0.3, 0.4) is 0 Å². The highest BCUT2D eigenvalue weighted by Gasteiger charge is 2.31. The first-order valence-electron chi connectivity index (χ1n) is 11.2. The topological polar surface area (TPSA) is 130 Å². The molecule has 0 radical (unpaired) electrons. The second kappa shape index (κ2) is 9.36. The van der Waals surface area contributed by atoms with Crippen molar-refractivity contribution in [1.82, 2.24) is 9.78 Å². The molecule has 0 atom stereocenters. The van der Waals surface area contributed by atoms with Crippen LogP contribution in [-0.4, -0.2) is 37.5 Å². The monoisotopic (exact) mass is 559 g/mol. The van der Waals surface area contributed by atoms with Gasteiger partial charge in [-0.15, -0.1) is 0 Å². The third kappa shape index (κ3) is 4.55. The molecule has 3 aromatic carbocycles. The number of hydrogen-bond acceptors (Lipinski definition) is 7. The molecule has 0 bridgehead atoms. The van der Waals surface area contributed by atoms with Crippen LogP contribution in [0.2, 0.25) is 0 Å². The maximum Gasteiger partial charge on any atom is 0.416 e. The number of halogens is 3. The first kappa shape index (κ1) is 26.1. The first-order chi connectivity index (χ1) is 18.4. The van der Waals surface area contributed by atoms with Gasteiger partial charge in [0.25, 0.3) is 0 Å². The van der Waals surface area contributed by atoms with Crippen LogP contribution < -0.4 is 14.6 Å². The number of aromatic nitrogens is 2. The molecule has 9 nitrogen and oxygen atoms in total. The molecule has 0 spiro atoms. The summed E-state index contributed by atoms with van der Waals surface area (Å²) in [6.07, 6.45) is -3.12. The number of primary sulfonamides is 1. The summed E-state index contributed by atoms with van der Waals surface area (Å²) in [7, 11) is -1.21. The Bertz CT molecular complexity index is 1790. The Balaban J connectivity index is 1.76. The van der Waals surface area contributed by atoms with Crippen LogP contribution in [0.5, 0.6) is 17.2 Å². The van der Waals surface area contributed by atoms with Crippen molar-refractivity contribution >= 4 is 21.0 Å². The largest absolute Gasteiger partial charge is 0.504 e. The maximum atomic E-state index is 13.2. The Labute approximate surface area is 219 Å². The summed E-state index contributed by atoms with van der Waals surface area (Å²) in [6.45, 7) is 0. The SMILES string of the molecule is COc1c(-c2cc(-c3ccc(C(F)(F)F)cc3)n(-c3ccc(S(N)(=O)=O)cc3)n2)c(O)c(OC)c2occc12. The zero-order valence-electron chi connectivity index (χ0n) is 20.4. The number of nitrogens with zero attached hydrogens (tertiary/aromatic N) is 2. The summed E-state index contributed by atoms with van der Waals surface area (Å²) >= 11 is 0. The van der Waals surface area contributed by atoms with E-state index in [1.807, 2.05) is 0 Å². The highest BCUT2D eigenvalue weighted by atomic mass is 32.2. The Hall–Kier alpha value is -4.49. The molecule has 2 aromatic heterocycles. The third-order valence-corrected chi connectivity index (χ3v) is 7.02. The van der Waals surface area contributed by atoms with Crippen LogP contribution in [0, 0.1) is 0 Å². The van der Waals surface area contributed by atoms with Gasteiger partial charge in [-0.2, -0.15) is 18.3 Å². The second-order valence-electron chi connectivity index (χ2n) is 8.39. The van der Waals surface area contributed by atoms with Gasteiger partial charge in [-0.1, -0.05) is 12.1 Å². The van der Waals surface area contributed by atoms with Gasteiger partial charge in [0, 0.05) is 5.56 Å². The average Bonchev–Trinajstić information content (AvgIpc) is 3.55. The van der Waals surface area contributed by atoms with Crippen molar-refractivity contribution < 1.29 is 40.6 Å². The maximum absolute atomic E-state index is 13.2. The standard InChI is InChI=1S/C26H20F3N3O6S/c1-36-23-18-11-12-38-24(18)25(37-2)22(33)21(23)19-13-20(14-3-5-15(6-4-14)26(27,28)29)32(31-19)16-7-9-17(10-8-16)39(30,34)35/h3-13,33H,1-2H3,(H2,30,34,35). The van der Waals surface area contributed by atoms with Gasteiger partial charge in [-0.05, 0) is 48.5 Å². The summed E-state index contributed by atoms with van der Waals surface area (Å²) < 4.78 is 80.8. The van der Waals surface area contributed by atoms with E-state index in [-0.39, 0.29) is 39.0 Å². The summed E-state index contributed by atoms with van der Waals surface area (Å²) in [5.74, 6) is -0.0656. The Morgan fingerprint density at radius 2 is 1.62 bits per heavy atom. The Kier molecular flexibility index (Phi) is 6.27. The van der Waals surface area contributed by atoms with Gasteiger partial charge in [0.15, 0.2) is 11.3 Å². The zero-order chi connectivity index (χ0) is 28.1. The minimum absolute atomic E-state index is 0.0361. The lowest BCUT2D eigenvalue weighted by Crippen LogP contribution is -2.12. The van der Waals surface area contributed by atoms with E-state index in [9.17, 15) is 26.7 Å². The molecular weight excluding hydrogens is 539 g/mol. The molecule has 0 saturated carbocycles. The summed E-state index contributed by atoms with van der Waals surface area (Å²) in [6, 6.07) is 13.1. The van der Waals surface area contributed by atoms with E-state index in [0.29, 0.717) is 22.3 Å². The summed E-state index contributed by atoms with van der Waals surface area (Å²) in [4.78, 5) is -0.135. The van der Waals surface area contributed by atoms with E-state index in [2.05, 4.69) is 5.10 Å². The molecule has 0 aliphatic heterocycles. The number of hydrogen-bond donors (Lipinski definition) is 2. The zero-order valence-corrected chi connectivity index (χ0v) is 21.2. The van der Waals surface area contributed by atoms with Crippen molar-refractivity contribution in [3.05, 3.63) is 72.5 Å². The van der Waals surface area contributed by atoms with Crippen molar-refractivity contribution in [3.63, 3.8) is 0 Å². The molecule has 5 aromatic rings. The predicted octanol–water partition coefficient (Wildman–Crippen LogP) is 5.34. The summed E-state index contributed by atoms with van der Waals surface area (Å²) in [5.41, 5.74) is 0.841. The molecule has 3 N–H and O–H groups in total. The van der Waals surface area contributed by atoms with Gasteiger partial charge in [0.05, 0.1) is 53.3 Å². The van der Waals surface area contributed by atoms with E-state index in [0.717, 1.165) is 12.1 Å². The number of fused-ring (bicyclic) bond motifs is 1. The average molecular weight is 560 g/mol. The molecule has 2 heterocycles. The number of phenols is 1. The fourth-order valence-electron chi connectivity index (χ4n) is 4.28. The predicted molar refractivity (Wildman–Crippen MR) is 135 cm³/mol. The highest BCUT2D eigenvalue weighted by Crippen LogP contribution is 2.50. The Morgan fingerprint density at radius 1 is 0.974 bits per heavy atom. The van der Waals surface area contributed by atoms with Crippen LogP contribution in [0.15, 0.2) is 76.2 Å². The third-order valence-electron chi connectivity index (χ3n) is 6.09. The number of furan rings is 1. The van der Waals surface area contributed by atoms with Crippen LogP contribution in [-0.2, 0) is 16.2 Å². The van der Waals surface area contributed by atoms with Gasteiger partial charge in [0.2, 0.25) is 15.8 Å². The summed E-state index contributed by atoms with van der Waals surface area (Å²) in [5, 5.41) is 21.5. The van der Waals surface area contributed by atoms with Gasteiger partial charge in [0.1, 0.15) is 11.4 Å². The lowest BCUT2D eigenvalue weighted by Gasteiger charge is -2.13. The Morgan fingerprint density at radius 3 is 2.18 bits per heavy atom. The molecule has 0 aliphatic carbocycles. The molecule has 5 rings (SSSR count). The number of ether oxygens (including phenoxy) is 2. The van der Waals surface area contributed by atoms with Crippen LogP contribution in [0.25, 0.3) is 39.2 Å². The van der Waals surface area contributed by atoms with E-state index >= 15 is 0 Å². The van der Waals surface area contributed by atoms with Gasteiger partial charge >= 0.3 is 6.18 Å². The number of sulfonamides is 1. The van der Waals surface area contributed by atoms with Crippen molar-refractivity contribution in [3.8, 4) is 45.5 Å². The lowest BCUT2D eigenvalue weighted by atomic mass is 10.0. The highest BCUT2D eigenvalue weighted by molar-refractivity contribution is 7.89. The van der Waals surface area contributed by atoms with Crippen molar-refractivity contribution in [2.75, 3.05) is 14.2 Å². The van der Waals surface area contributed by atoms with Crippen molar-refractivity contribution in [2.24, 2.45) is 5.14 Å². The number of methoxy groups -OCH3 is 2. The number of aromatic hydroxyl groups is 1. The molecule has 0 saturated heterocycles. The lowest BCUT2D eigenvalue weighted by molar-refractivity contribution is -0.137. The molecule has 0 fully saturated rings. The fourth-order valence-corrected chi connectivity index (χ4v) is 4.79. The molecule has 0 aliphatic rings. The number of phenolic OH excluding ortho intramolecular Hbond substituents is 1. The van der Waals surface area contributed by atoms with E-state index in [4.69, 9.17) is 19.0 Å². The quantitative estimate of drug-likeness (QED) is 0.287. The number of benzene rings is 3. The molecular formula is C26H20F3N3O6S. The minimum atomic E-state index is -4.52. The van der Waals surface area contributed by atoms with E-state index in [1.54, 1.807) is 12.1 Å². The van der Waals surface area contributed by atoms with Gasteiger partial charge in [-0.25, -0.2) is 18.2 Å². The van der Waals surface area contributed by atoms with Crippen molar-refractivity contribution in [1.29, 1.82) is 0 Å². The molecule has 39 heavy (non-hydrogen) atoms. The fraction of sp³-hybridized carbons (Fsp3) is 0.115. The van der Waals surface area contributed by atoms with Crippen LogP contribution in [0.1, 0.15) is 5.56 Å². The second-order valence-corrected chi connectivity index (χ2v) is 9.96. The van der Waals surface area contributed by atoms with Crippen LogP contribution in [0.4, 0.5) is 13.2 Å². The smallest absolute Gasteiger partial charge is 0.416 e. The molecule has 0 amide bonds. The number of nitrogens with two attached hydrogens (primary N) is 1. The molecule has 13 heteroatoms. The van der Waals surface area contributed by atoms with Crippen molar-refractivity contribution in [2.45, 2.75) is 11.1 Å². The van der Waals surface area contributed by atoms with Gasteiger partial charge < -0.3 is 19.0 Å². The number of rotatable bonds is 6. The number of alkyl halides is 3. The van der Waals surface area contributed by atoms with E-state index in [1.165, 1.54) is 61.6 Å². The molecule has 202 valence electrons.